The standard InChI is InChI=1S/C11H17NO3S2/c1-9-3-5-11(6-4-9)17(14,15)12-10(7-13)8-16-2/h3-6,10,12-13H,7-8H2,1-2H3/t10-/m1/s1. The number of nitrogens with one attached hydrogen (secondary N) is 1. The summed E-state index contributed by atoms with van der Waals surface area (Å²) in [5.41, 5.74) is 1.01. The van der Waals surface area contributed by atoms with Crippen LogP contribution in [0.1, 0.15) is 5.56 Å². The van der Waals surface area contributed by atoms with Gasteiger partial charge in [-0.25, -0.2) is 13.1 Å². The van der Waals surface area contributed by atoms with E-state index in [1.165, 1.54) is 11.8 Å². The molecule has 0 amide bonds. The molecule has 0 heterocycles. The van der Waals surface area contributed by atoms with Crippen molar-refractivity contribution in [2.45, 2.75) is 17.9 Å². The summed E-state index contributed by atoms with van der Waals surface area (Å²) in [6, 6.07) is 6.17. The molecule has 0 saturated carbocycles. The van der Waals surface area contributed by atoms with E-state index in [0.29, 0.717) is 5.75 Å². The van der Waals surface area contributed by atoms with Gasteiger partial charge in [-0.2, -0.15) is 11.8 Å². The van der Waals surface area contributed by atoms with E-state index in [9.17, 15) is 8.42 Å². The number of hydrogen-bond donors (Lipinski definition) is 2. The first-order valence-electron chi connectivity index (χ1n) is 5.18. The van der Waals surface area contributed by atoms with Crippen LogP contribution >= 0.6 is 11.8 Å². The summed E-state index contributed by atoms with van der Waals surface area (Å²) in [5.74, 6) is 0.543. The van der Waals surface area contributed by atoms with E-state index >= 15 is 0 Å². The van der Waals surface area contributed by atoms with Gasteiger partial charge in [0.15, 0.2) is 0 Å². The van der Waals surface area contributed by atoms with Gasteiger partial charge in [0, 0.05) is 5.75 Å². The number of thioether (sulfide) groups is 1. The van der Waals surface area contributed by atoms with Gasteiger partial charge in [0.2, 0.25) is 10.0 Å². The zero-order chi connectivity index (χ0) is 12.9. The summed E-state index contributed by atoms with van der Waals surface area (Å²) < 4.78 is 26.4. The van der Waals surface area contributed by atoms with Gasteiger partial charge in [-0.3, -0.25) is 0 Å². The Morgan fingerprint density at radius 1 is 1.35 bits per heavy atom. The molecule has 17 heavy (non-hydrogen) atoms. The second-order valence-corrected chi connectivity index (χ2v) is 6.39. The van der Waals surface area contributed by atoms with Crippen LogP contribution < -0.4 is 4.72 Å². The number of aliphatic hydroxyl groups is 1. The van der Waals surface area contributed by atoms with Crippen LogP contribution in [-0.4, -0.2) is 38.2 Å². The molecule has 1 rings (SSSR count). The minimum absolute atomic E-state index is 0.202. The van der Waals surface area contributed by atoms with Gasteiger partial charge in [0.25, 0.3) is 0 Å². The molecule has 0 spiro atoms. The lowest BCUT2D eigenvalue weighted by Crippen LogP contribution is -2.39. The molecule has 0 aliphatic carbocycles. The third-order valence-corrected chi connectivity index (χ3v) is 4.51. The Morgan fingerprint density at radius 3 is 2.41 bits per heavy atom. The zero-order valence-corrected chi connectivity index (χ0v) is 11.5. The van der Waals surface area contributed by atoms with Gasteiger partial charge in [-0.1, -0.05) is 17.7 Å². The predicted molar refractivity (Wildman–Crippen MR) is 70.8 cm³/mol. The summed E-state index contributed by atoms with van der Waals surface area (Å²) in [4.78, 5) is 0.225. The molecule has 0 fully saturated rings. The van der Waals surface area contributed by atoms with Gasteiger partial charge >= 0.3 is 0 Å². The van der Waals surface area contributed by atoms with Crippen LogP contribution in [0.5, 0.6) is 0 Å². The van der Waals surface area contributed by atoms with E-state index in [4.69, 9.17) is 5.11 Å². The number of rotatable bonds is 6. The quantitative estimate of drug-likeness (QED) is 0.813. The number of hydrogen-bond acceptors (Lipinski definition) is 4. The highest BCUT2D eigenvalue weighted by molar-refractivity contribution is 7.98. The molecule has 0 unspecified atom stereocenters. The number of sulfonamides is 1. The van der Waals surface area contributed by atoms with Gasteiger partial charge < -0.3 is 5.11 Å². The van der Waals surface area contributed by atoms with Crippen molar-refractivity contribution in [3.8, 4) is 0 Å². The molecule has 0 bridgehead atoms. The van der Waals surface area contributed by atoms with E-state index < -0.39 is 16.1 Å². The number of aliphatic hydroxyl groups excluding tert-OH is 1. The average molecular weight is 275 g/mol. The van der Waals surface area contributed by atoms with Gasteiger partial charge in [-0.15, -0.1) is 0 Å². The fraction of sp³-hybridized carbons (Fsp3) is 0.455. The Labute approximate surface area is 106 Å². The summed E-state index contributed by atoms with van der Waals surface area (Å²) in [6.45, 7) is 1.69. The van der Waals surface area contributed by atoms with Gasteiger partial charge in [-0.05, 0) is 25.3 Å². The van der Waals surface area contributed by atoms with Crippen molar-refractivity contribution in [1.82, 2.24) is 4.72 Å². The smallest absolute Gasteiger partial charge is 0.240 e. The second-order valence-electron chi connectivity index (χ2n) is 3.77. The van der Waals surface area contributed by atoms with Crippen LogP contribution in [0, 0.1) is 6.92 Å². The number of benzene rings is 1. The SMILES string of the molecule is CSC[C@@H](CO)NS(=O)(=O)c1ccc(C)cc1. The monoisotopic (exact) mass is 275 g/mol. The van der Waals surface area contributed by atoms with E-state index in [1.54, 1.807) is 24.3 Å². The largest absolute Gasteiger partial charge is 0.395 e. The molecule has 0 aliphatic heterocycles. The molecular formula is C11H17NO3S2. The van der Waals surface area contributed by atoms with E-state index in [-0.39, 0.29) is 11.5 Å². The minimum atomic E-state index is -3.53. The molecule has 4 nitrogen and oxygen atoms in total. The lowest BCUT2D eigenvalue weighted by molar-refractivity contribution is 0.267. The number of aryl methyl sites for hydroxylation is 1. The summed E-state index contributed by atoms with van der Waals surface area (Å²) in [6.07, 6.45) is 1.86. The maximum atomic E-state index is 12.0. The Hall–Kier alpha value is -0.560. The molecular weight excluding hydrogens is 258 g/mol. The van der Waals surface area contributed by atoms with Crippen molar-refractivity contribution >= 4 is 21.8 Å². The first kappa shape index (κ1) is 14.5. The average Bonchev–Trinajstić information content (AvgIpc) is 2.28. The molecule has 2 N–H and O–H groups in total. The second kappa shape index (κ2) is 6.39. The van der Waals surface area contributed by atoms with Crippen LogP contribution in [0.4, 0.5) is 0 Å². The molecule has 1 atom stereocenters. The van der Waals surface area contributed by atoms with Crippen LogP contribution in [0.15, 0.2) is 29.2 Å². The molecule has 1 aromatic carbocycles. The van der Waals surface area contributed by atoms with Crippen LogP contribution in [-0.2, 0) is 10.0 Å². The normalized spacial score (nSPS) is 13.6. The maximum absolute atomic E-state index is 12.0. The molecule has 0 aliphatic rings. The molecule has 96 valence electrons. The third-order valence-electron chi connectivity index (χ3n) is 2.24. The van der Waals surface area contributed by atoms with Crippen molar-refractivity contribution in [3.05, 3.63) is 29.8 Å². The van der Waals surface area contributed by atoms with E-state index in [2.05, 4.69) is 4.72 Å². The van der Waals surface area contributed by atoms with Crippen molar-refractivity contribution in [3.63, 3.8) is 0 Å². The minimum Gasteiger partial charge on any atom is -0.395 e. The summed E-state index contributed by atoms with van der Waals surface area (Å²) in [7, 11) is -3.53. The third kappa shape index (κ3) is 4.31. The summed E-state index contributed by atoms with van der Waals surface area (Å²) >= 11 is 1.49. The zero-order valence-electron chi connectivity index (χ0n) is 9.88. The van der Waals surface area contributed by atoms with Crippen LogP contribution in [0.25, 0.3) is 0 Å². The lowest BCUT2D eigenvalue weighted by atomic mass is 10.2. The molecule has 0 aromatic heterocycles. The molecule has 0 radical (unpaired) electrons. The Morgan fingerprint density at radius 2 is 1.94 bits per heavy atom. The summed E-state index contributed by atoms with van der Waals surface area (Å²) in [5, 5.41) is 9.07. The Kier molecular flexibility index (Phi) is 5.45. The lowest BCUT2D eigenvalue weighted by Gasteiger charge is -2.15. The van der Waals surface area contributed by atoms with Crippen molar-refractivity contribution in [2.24, 2.45) is 0 Å². The Balaban J connectivity index is 2.84. The van der Waals surface area contributed by atoms with Crippen LogP contribution in [0.3, 0.4) is 0 Å². The van der Waals surface area contributed by atoms with E-state index in [0.717, 1.165) is 5.56 Å². The highest BCUT2D eigenvalue weighted by Gasteiger charge is 2.18. The van der Waals surface area contributed by atoms with Crippen molar-refractivity contribution in [2.75, 3.05) is 18.6 Å². The van der Waals surface area contributed by atoms with Gasteiger partial charge in [0.05, 0.1) is 17.5 Å². The first-order chi connectivity index (χ1) is 7.99. The van der Waals surface area contributed by atoms with E-state index in [1.807, 2.05) is 13.2 Å². The fourth-order valence-electron chi connectivity index (χ4n) is 1.33. The molecule has 0 saturated heterocycles. The maximum Gasteiger partial charge on any atom is 0.240 e. The van der Waals surface area contributed by atoms with Crippen molar-refractivity contribution in [1.29, 1.82) is 0 Å². The molecule has 1 aromatic rings. The van der Waals surface area contributed by atoms with Crippen LogP contribution in [0.2, 0.25) is 0 Å². The first-order valence-corrected chi connectivity index (χ1v) is 8.06. The van der Waals surface area contributed by atoms with Gasteiger partial charge in [0.1, 0.15) is 0 Å². The highest BCUT2D eigenvalue weighted by Crippen LogP contribution is 2.11. The topological polar surface area (TPSA) is 66.4 Å². The van der Waals surface area contributed by atoms with Crippen molar-refractivity contribution < 1.29 is 13.5 Å². The highest BCUT2D eigenvalue weighted by atomic mass is 32.2. The fourth-order valence-corrected chi connectivity index (χ4v) is 3.25. The predicted octanol–water partition coefficient (Wildman–Crippen LogP) is 0.997. The Bertz CT molecular complexity index is 442. The molecule has 6 heteroatoms.